The third-order valence-corrected chi connectivity index (χ3v) is 3.12. The first-order valence-electron chi connectivity index (χ1n) is 4.71. The van der Waals surface area contributed by atoms with Gasteiger partial charge in [-0.25, -0.2) is 0 Å². The Morgan fingerprint density at radius 1 is 1.46 bits per heavy atom. The summed E-state index contributed by atoms with van der Waals surface area (Å²) in [6, 6.07) is 6.21. The van der Waals surface area contributed by atoms with Gasteiger partial charge in [-0.05, 0) is 36.0 Å². The molecule has 1 nitrogen and oxygen atoms in total. The minimum Gasteiger partial charge on any atom is -0.324 e. The summed E-state index contributed by atoms with van der Waals surface area (Å²) in [6.45, 7) is 2.23. The van der Waals surface area contributed by atoms with Crippen LogP contribution >= 0.6 is 11.6 Å². The lowest BCUT2D eigenvalue weighted by molar-refractivity contribution is 0.439. The molecule has 0 radical (unpaired) electrons. The van der Waals surface area contributed by atoms with Crippen molar-refractivity contribution in [3.8, 4) is 0 Å². The lowest BCUT2D eigenvalue weighted by Crippen LogP contribution is -2.22. The van der Waals surface area contributed by atoms with E-state index in [0.717, 1.165) is 17.9 Å². The number of hydrogen-bond acceptors (Lipinski definition) is 1. The second-order valence-corrected chi connectivity index (χ2v) is 4.37. The molecule has 0 saturated heterocycles. The topological polar surface area (TPSA) is 26.0 Å². The van der Waals surface area contributed by atoms with Crippen LogP contribution < -0.4 is 5.73 Å². The summed E-state index contributed by atoms with van der Waals surface area (Å²) < 4.78 is 0. The summed E-state index contributed by atoms with van der Waals surface area (Å²) in [5, 5.41) is 0.875. The summed E-state index contributed by atoms with van der Waals surface area (Å²) in [7, 11) is 0. The lowest BCUT2D eigenvalue weighted by Gasteiger charge is -2.27. The summed E-state index contributed by atoms with van der Waals surface area (Å²) in [6.07, 6.45) is 2.15. The van der Waals surface area contributed by atoms with E-state index in [0.29, 0.717) is 5.92 Å². The molecule has 0 spiro atoms. The van der Waals surface area contributed by atoms with Crippen molar-refractivity contribution in [2.24, 2.45) is 11.7 Å². The molecule has 0 saturated carbocycles. The molecule has 0 aromatic heterocycles. The van der Waals surface area contributed by atoms with Crippen LogP contribution in [-0.4, -0.2) is 0 Å². The van der Waals surface area contributed by atoms with Gasteiger partial charge in [0, 0.05) is 11.1 Å². The van der Waals surface area contributed by atoms with Crippen molar-refractivity contribution in [3.63, 3.8) is 0 Å². The van der Waals surface area contributed by atoms with Gasteiger partial charge in [-0.3, -0.25) is 0 Å². The SMILES string of the molecule is CC1Cc2c(Cl)cccc2C(N)C1. The highest BCUT2D eigenvalue weighted by Crippen LogP contribution is 2.35. The molecule has 2 rings (SSSR count). The predicted octanol–water partition coefficient (Wildman–Crippen LogP) is 2.92. The lowest BCUT2D eigenvalue weighted by atomic mass is 9.82. The molecular weight excluding hydrogens is 182 g/mol. The van der Waals surface area contributed by atoms with Gasteiger partial charge in [0.1, 0.15) is 0 Å². The van der Waals surface area contributed by atoms with E-state index in [1.165, 1.54) is 11.1 Å². The molecule has 0 fully saturated rings. The van der Waals surface area contributed by atoms with Gasteiger partial charge < -0.3 is 5.73 Å². The van der Waals surface area contributed by atoms with Crippen LogP contribution in [-0.2, 0) is 6.42 Å². The van der Waals surface area contributed by atoms with Crippen molar-refractivity contribution in [2.45, 2.75) is 25.8 Å². The van der Waals surface area contributed by atoms with E-state index < -0.39 is 0 Å². The first-order chi connectivity index (χ1) is 6.18. The molecular formula is C11H14ClN. The Hall–Kier alpha value is -0.530. The fourth-order valence-electron chi connectivity index (χ4n) is 2.13. The van der Waals surface area contributed by atoms with Crippen molar-refractivity contribution >= 4 is 11.6 Å². The zero-order chi connectivity index (χ0) is 9.42. The molecule has 70 valence electrons. The molecule has 2 N–H and O–H groups in total. The monoisotopic (exact) mass is 195 g/mol. The molecule has 0 heterocycles. The van der Waals surface area contributed by atoms with Gasteiger partial charge in [0.15, 0.2) is 0 Å². The van der Waals surface area contributed by atoms with Crippen LogP contribution in [0, 0.1) is 5.92 Å². The number of halogens is 1. The summed E-state index contributed by atoms with van der Waals surface area (Å²) in [5.74, 6) is 0.655. The third-order valence-electron chi connectivity index (χ3n) is 2.76. The molecule has 2 atom stereocenters. The van der Waals surface area contributed by atoms with Crippen LogP contribution in [0.2, 0.25) is 5.02 Å². The Bertz CT molecular complexity index is 322. The minimum atomic E-state index is 0.178. The molecule has 0 amide bonds. The molecule has 1 aromatic carbocycles. The normalized spacial score (nSPS) is 27.0. The summed E-state index contributed by atoms with van der Waals surface area (Å²) >= 11 is 6.12. The number of benzene rings is 1. The Morgan fingerprint density at radius 3 is 3.00 bits per heavy atom. The maximum Gasteiger partial charge on any atom is 0.0441 e. The van der Waals surface area contributed by atoms with Crippen molar-refractivity contribution in [3.05, 3.63) is 34.3 Å². The van der Waals surface area contributed by atoms with E-state index in [1.807, 2.05) is 12.1 Å². The average Bonchev–Trinajstić information content (AvgIpc) is 2.07. The smallest absolute Gasteiger partial charge is 0.0441 e. The van der Waals surface area contributed by atoms with Crippen LogP contribution in [0.25, 0.3) is 0 Å². The fourth-order valence-corrected chi connectivity index (χ4v) is 2.39. The first kappa shape index (κ1) is 9.04. The molecule has 1 aliphatic rings. The predicted molar refractivity (Wildman–Crippen MR) is 55.9 cm³/mol. The van der Waals surface area contributed by atoms with Crippen molar-refractivity contribution < 1.29 is 0 Å². The van der Waals surface area contributed by atoms with Gasteiger partial charge in [-0.15, -0.1) is 0 Å². The molecule has 2 heteroatoms. The highest BCUT2D eigenvalue weighted by molar-refractivity contribution is 6.31. The summed E-state index contributed by atoms with van der Waals surface area (Å²) in [4.78, 5) is 0. The van der Waals surface area contributed by atoms with E-state index >= 15 is 0 Å². The van der Waals surface area contributed by atoms with Crippen LogP contribution in [0.3, 0.4) is 0 Å². The zero-order valence-corrected chi connectivity index (χ0v) is 8.51. The highest BCUT2D eigenvalue weighted by atomic mass is 35.5. The molecule has 0 aliphatic heterocycles. The molecule has 0 bridgehead atoms. The number of hydrogen-bond donors (Lipinski definition) is 1. The number of nitrogens with two attached hydrogens (primary N) is 1. The van der Waals surface area contributed by atoms with E-state index in [4.69, 9.17) is 17.3 Å². The third kappa shape index (κ3) is 1.59. The maximum atomic E-state index is 6.12. The van der Waals surface area contributed by atoms with Gasteiger partial charge in [0.2, 0.25) is 0 Å². The zero-order valence-electron chi connectivity index (χ0n) is 7.76. The van der Waals surface area contributed by atoms with Crippen molar-refractivity contribution in [1.82, 2.24) is 0 Å². The molecule has 1 aliphatic carbocycles. The largest absolute Gasteiger partial charge is 0.324 e. The van der Waals surface area contributed by atoms with Gasteiger partial charge in [-0.1, -0.05) is 30.7 Å². The highest BCUT2D eigenvalue weighted by Gasteiger charge is 2.22. The molecule has 1 aromatic rings. The van der Waals surface area contributed by atoms with Crippen LogP contribution in [0.1, 0.15) is 30.5 Å². The van der Waals surface area contributed by atoms with Crippen molar-refractivity contribution in [1.29, 1.82) is 0 Å². The Kier molecular flexibility index (Phi) is 2.31. The van der Waals surface area contributed by atoms with E-state index in [-0.39, 0.29) is 6.04 Å². The average molecular weight is 196 g/mol. The Balaban J connectivity index is 2.49. The second kappa shape index (κ2) is 3.32. The maximum absolute atomic E-state index is 6.12. The van der Waals surface area contributed by atoms with Crippen molar-refractivity contribution in [2.75, 3.05) is 0 Å². The minimum absolute atomic E-state index is 0.178. The Labute approximate surface area is 83.9 Å². The molecule has 2 unspecified atom stereocenters. The van der Waals surface area contributed by atoms with E-state index in [2.05, 4.69) is 13.0 Å². The molecule has 13 heavy (non-hydrogen) atoms. The van der Waals surface area contributed by atoms with E-state index in [1.54, 1.807) is 0 Å². The van der Waals surface area contributed by atoms with Gasteiger partial charge in [0.25, 0.3) is 0 Å². The standard InChI is InChI=1S/C11H14ClN/c1-7-5-9-8(11(13)6-7)3-2-4-10(9)12/h2-4,7,11H,5-6,13H2,1H3. The van der Waals surface area contributed by atoms with Gasteiger partial charge >= 0.3 is 0 Å². The fraction of sp³-hybridized carbons (Fsp3) is 0.455. The summed E-state index contributed by atoms with van der Waals surface area (Å²) in [5.41, 5.74) is 8.55. The van der Waals surface area contributed by atoms with E-state index in [9.17, 15) is 0 Å². The van der Waals surface area contributed by atoms with Gasteiger partial charge in [0.05, 0.1) is 0 Å². The number of fused-ring (bicyclic) bond motifs is 1. The van der Waals surface area contributed by atoms with Crippen LogP contribution in [0.5, 0.6) is 0 Å². The van der Waals surface area contributed by atoms with Crippen LogP contribution in [0.15, 0.2) is 18.2 Å². The second-order valence-electron chi connectivity index (χ2n) is 3.96. The first-order valence-corrected chi connectivity index (χ1v) is 5.09. The number of rotatable bonds is 0. The van der Waals surface area contributed by atoms with Gasteiger partial charge in [-0.2, -0.15) is 0 Å². The quantitative estimate of drug-likeness (QED) is 0.677. The Morgan fingerprint density at radius 2 is 2.23 bits per heavy atom. The van der Waals surface area contributed by atoms with Crippen LogP contribution in [0.4, 0.5) is 0 Å².